The SMILES string of the molecule is C=CCN(C(=O)C(NC(=O)OC(C)(C)C)C(C)C)C(C(=O)Nc1ccc(OC)cc1)c1ccc(C)cc1. The van der Waals surface area contributed by atoms with Gasteiger partial charge in [0.15, 0.2) is 0 Å². The number of carbonyl (C=O) groups excluding carboxylic acids is 3. The molecule has 37 heavy (non-hydrogen) atoms. The van der Waals surface area contributed by atoms with Crippen LogP contribution in [-0.4, -0.2) is 48.1 Å². The van der Waals surface area contributed by atoms with Crippen molar-refractivity contribution in [3.05, 3.63) is 72.3 Å². The lowest BCUT2D eigenvalue weighted by Gasteiger charge is -2.35. The van der Waals surface area contributed by atoms with Crippen LogP contribution < -0.4 is 15.4 Å². The second-order valence-electron chi connectivity index (χ2n) is 10.2. The Morgan fingerprint density at radius 2 is 1.62 bits per heavy atom. The van der Waals surface area contributed by atoms with Crippen LogP contribution in [0, 0.1) is 12.8 Å². The van der Waals surface area contributed by atoms with Gasteiger partial charge >= 0.3 is 6.09 Å². The monoisotopic (exact) mass is 509 g/mol. The summed E-state index contributed by atoms with van der Waals surface area (Å²) in [6.45, 7) is 14.7. The molecule has 0 aromatic heterocycles. The van der Waals surface area contributed by atoms with E-state index in [1.54, 1.807) is 58.2 Å². The van der Waals surface area contributed by atoms with Crippen molar-refractivity contribution >= 4 is 23.6 Å². The van der Waals surface area contributed by atoms with Crippen LogP contribution in [0.15, 0.2) is 61.2 Å². The van der Waals surface area contributed by atoms with Gasteiger partial charge in [-0.3, -0.25) is 9.59 Å². The van der Waals surface area contributed by atoms with Gasteiger partial charge in [0.05, 0.1) is 7.11 Å². The Balaban J connectivity index is 2.46. The van der Waals surface area contributed by atoms with Gasteiger partial charge in [0, 0.05) is 12.2 Å². The summed E-state index contributed by atoms with van der Waals surface area (Å²) in [6, 6.07) is 12.5. The predicted molar refractivity (Wildman–Crippen MR) is 145 cm³/mol. The highest BCUT2D eigenvalue weighted by atomic mass is 16.6. The van der Waals surface area contributed by atoms with Crippen molar-refractivity contribution in [1.82, 2.24) is 10.2 Å². The molecule has 2 unspecified atom stereocenters. The summed E-state index contributed by atoms with van der Waals surface area (Å²) >= 11 is 0. The Hall–Kier alpha value is -3.81. The molecule has 200 valence electrons. The van der Waals surface area contributed by atoms with E-state index >= 15 is 0 Å². The number of nitrogens with zero attached hydrogens (tertiary/aromatic N) is 1. The molecule has 0 aliphatic heterocycles. The normalized spacial score (nSPS) is 12.8. The highest BCUT2D eigenvalue weighted by Gasteiger charge is 2.37. The summed E-state index contributed by atoms with van der Waals surface area (Å²) in [6.07, 6.45) is 0.859. The van der Waals surface area contributed by atoms with Gasteiger partial charge in [0.1, 0.15) is 23.4 Å². The van der Waals surface area contributed by atoms with Gasteiger partial charge in [0.25, 0.3) is 5.91 Å². The van der Waals surface area contributed by atoms with Crippen molar-refractivity contribution in [1.29, 1.82) is 0 Å². The number of benzene rings is 2. The Bertz CT molecular complexity index is 1070. The molecule has 0 bridgehead atoms. The number of anilines is 1. The summed E-state index contributed by atoms with van der Waals surface area (Å²) in [7, 11) is 1.57. The highest BCUT2D eigenvalue weighted by molar-refractivity contribution is 5.99. The number of carbonyl (C=O) groups is 3. The molecule has 2 N–H and O–H groups in total. The zero-order chi connectivity index (χ0) is 27.8. The Kier molecular flexibility index (Phi) is 10.3. The number of alkyl carbamates (subject to hydrolysis) is 1. The summed E-state index contributed by atoms with van der Waals surface area (Å²) in [5, 5.41) is 5.60. The third kappa shape index (κ3) is 8.66. The molecular formula is C29H39N3O5. The molecule has 8 nitrogen and oxygen atoms in total. The first-order valence-electron chi connectivity index (χ1n) is 12.3. The van der Waals surface area contributed by atoms with Crippen molar-refractivity contribution in [2.24, 2.45) is 5.92 Å². The lowest BCUT2D eigenvalue weighted by atomic mass is 9.98. The second kappa shape index (κ2) is 12.9. The molecule has 0 aliphatic rings. The van der Waals surface area contributed by atoms with E-state index in [-0.39, 0.29) is 12.5 Å². The van der Waals surface area contributed by atoms with Crippen LogP contribution in [-0.2, 0) is 14.3 Å². The number of nitrogens with one attached hydrogen (secondary N) is 2. The number of aryl methyl sites for hydroxylation is 1. The molecule has 0 fully saturated rings. The molecule has 0 saturated heterocycles. The van der Waals surface area contributed by atoms with Crippen LogP contribution in [0.2, 0.25) is 0 Å². The molecule has 0 radical (unpaired) electrons. The maximum atomic E-state index is 13.9. The quantitative estimate of drug-likeness (QED) is 0.427. The molecule has 0 saturated carbocycles. The second-order valence-corrected chi connectivity index (χ2v) is 10.2. The Morgan fingerprint density at radius 3 is 2.11 bits per heavy atom. The zero-order valence-electron chi connectivity index (χ0n) is 22.8. The number of hydrogen-bond donors (Lipinski definition) is 2. The molecular weight excluding hydrogens is 470 g/mol. The number of methoxy groups -OCH3 is 1. The van der Waals surface area contributed by atoms with Crippen LogP contribution in [0.3, 0.4) is 0 Å². The van der Waals surface area contributed by atoms with E-state index in [1.807, 2.05) is 45.0 Å². The third-order valence-corrected chi connectivity index (χ3v) is 5.52. The fourth-order valence-electron chi connectivity index (χ4n) is 3.70. The molecule has 0 heterocycles. The van der Waals surface area contributed by atoms with Gasteiger partial charge in [-0.05, 0) is 63.4 Å². The van der Waals surface area contributed by atoms with Crippen molar-refractivity contribution < 1.29 is 23.9 Å². The molecule has 8 heteroatoms. The average Bonchev–Trinajstić information content (AvgIpc) is 2.82. The van der Waals surface area contributed by atoms with Gasteiger partial charge in [0.2, 0.25) is 5.91 Å². The van der Waals surface area contributed by atoms with Gasteiger partial charge < -0.3 is 25.0 Å². The maximum absolute atomic E-state index is 13.9. The zero-order valence-corrected chi connectivity index (χ0v) is 22.8. The van der Waals surface area contributed by atoms with Crippen molar-refractivity contribution in [2.45, 2.75) is 59.2 Å². The third-order valence-electron chi connectivity index (χ3n) is 5.52. The fourth-order valence-corrected chi connectivity index (χ4v) is 3.70. The van der Waals surface area contributed by atoms with Crippen molar-refractivity contribution in [2.75, 3.05) is 19.0 Å². The fraction of sp³-hybridized carbons (Fsp3) is 0.414. The standard InChI is InChI=1S/C29H39N3O5/c1-9-18-32(27(34)24(19(2)3)31-28(35)37-29(5,6)7)25(21-12-10-20(4)11-13-21)26(33)30-22-14-16-23(36-8)17-15-22/h9-17,19,24-25H,1,18H2,2-8H3,(H,30,33)(H,31,35). The van der Waals surface area contributed by atoms with Gasteiger partial charge in [-0.15, -0.1) is 6.58 Å². The minimum atomic E-state index is -0.977. The first-order chi connectivity index (χ1) is 17.4. The lowest BCUT2D eigenvalue weighted by molar-refractivity contribution is -0.141. The number of rotatable bonds is 10. The number of hydrogen-bond acceptors (Lipinski definition) is 5. The molecule has 2 aromatic carbocycles. The van der Waals surface area contributed by atoms with E-state index in [0.717, 1.165) is 5.56 Å². The van der Waals surface area contributed by atoms with Crippen LogP contribution in [0.4, 0.5) is 10.5 Å². The topological polar surface area (TPSA) is 97.0 Å². The van der Waals surface area contributed by atoms with E-state index in [4.69, 9.17) is 9.47 Å². The molecule has 0 aliphatic carbocycles. The van der Waals surface area contributed by atoms with Gasteiger partial charge in [-0.25, -0.2) is 4.79 Å². The summed E-state index contributed by atoms with van der Waals surface area (Å²) in [5.74, 6) is -0.430. The Morgan fingerprint density at radius 1 is 1.03 bits per heavy atom. The highest BCUT2D eigenvalue weighted by Crippen LogP contribution is 2.26. The Labute approximate surface area is 220 Å². The van der Waals surface area contributed by atoms with E-state index in [9.17, 15) is 14.4 Å². The van der Waals surface area contributed by atoms with E-state index in [1.165, 1.54) is 4.90 Å². The molecule has 2 aromatic rings. The van der Waals surface area contributed by atoms with Gasteiger partial charge in [-0.1, -0.05) is 49.8 Å². The average molecular weight is 510 g/mol. The van der Waals surface area contributed by atoms with Crippen molar-refractivity contribution in [3.8, 4) is 5.75 Å². The first-order valence-corrected chi connectivity index (χ1v) is 12.3. The largest absolute Gasteiger partial charge is 0.497 e. The number of ether oxygens (including phenoxy) is 2. The summed E-state index contributed by atoms with van der Waals surface area (Å²) < 4.78 is 10.6. The minimum absolute atomic E-state index is 0.0899. The molecule has 0 spiro atoms. The van der Waals surface area contributed by atoms with Crippen LogP contribution in [0.5, 0.6) is 5.75 Å². The summed E-state index contributed by atoms with van der Waals surface area (Å²) in [4.78, 5) is 41.6. The van der Waals surface area contributed by atoms with Crippen LogP contribution in [0.25, 0.3) is 0 Å². The lowest BCUT2D eigenvalue weighted by Crippen LogP contribution is -2.54. The smallest absolute Gasteiger partial charge is 0.408 e. The van der Waals surface area contributed by atoms with E-state index < -0.39 is 35.6 Å². The molecule has 2 rings (SSSR count). The minimum Gasteiger partial charge on any atom is -0.497 e. The summed E-state index contributed by atoms with van der Waals surface area (Å²) in [5.41, 5.74) is 1.48. The number of amides is 3. The predicted octanol–water partition coefficient (Wildman–Crippen LogP) is 5.25. The van der Waals surface area contributed by atoms with Crippen LogP contribution >= 0.6 is 0 Å². The molecule has 3 amide bonds. The maximum Gasteiger partial charge on any atom is 0.408 e. The van der Waals surface area contributed by atoms with Crippen LogP contribution in [0.1, 0.15) is 51.8 Å². The van der Waals surface area contributed by atoms with Crippen molar-refractivity contribution in [3.63, 3.8) is 0 Å². The van der Waals surface area contributed by atoms with E-state index in [2.05, 4.69) is 17.2 Å². The van der Waals surface area contributed by atoms with E-state index in [0.29, 0.717) is 17.0 Å². The molecule has 2 atom stereocenters. The van der Waals surface area contributed by atoms with Gasteiger partial charge in [-0.2, -0.15) is 0 Å². The first kappa shape index (κ1) is 29.4.